The topological polar surface area (TPSA) is 32.7 Å². The van der Waals surface area contributed by atoms with Crippen LogP contribution >= 0.6 is 31.9 Å². The summed E-state index contributed by atoms with van der Waals surface area (Å²) in [5.74, 6) is 0.595. The first-order valence-electron chi connectivity index (χ1n) is 7.36. The van der Waals surface area contributed by atoms with Crippen LogP contribution in [0.4, 0.5) is 0 Å². The highest BCUT2D eigenvalue weighted by Crippen LogP contribution is 2.43. The van der Waals surface area contributed by atoms with Crippen LogP contribution in [0.1, 0.15) is 44.9 Å². The van der Waals surface area contributed by atoms with Gasteiger partial charge in [-0.15, -0.1) is 0 Å². The predicted molar refractivity (Wildman–Crippen MR) is 84.8 cm³/mol. The molecule has 0 bridgehead atoms. The number of halogens is 2. The van der Waals surface area contributed by atoms with Gasteiger partial charge in [-0.05, 0) is 51.7 Å². The maximum Gasteiger partial charge on any atom is 0.177 e. The Kier molecular flexibility index (Phi) is 6.15. The molecule has 1 heterocycles. The summed E-state index contributed by atoms with van der Waals surface area (Å²) >= 11 is 6.72. The van der Waals surface area contributed by atoms with Gasteiger partial charge in [0.05, 0.1) is 5.60 Å². The van der Waals surface area contributed by atoms with Crippen LogP contribution in [-0.4, -0.2) is 45.8 Å². The van der Waals surface area contributed by atoms with Crippen molar-refractivity contribution < 1.29 is 9.84 Å². The fraction of sp³-hybridized carbons (Fsp3) is 1.00. The van der Waals surface area contributed by atoms with Gasteiger partial charge in [-0.2, -0.15) is 0 Å². The summed E-state index contributed by atoms with van der Waals surface area (Å²) in [6.45, 7) is 2.30. The Morgan fingerprint density at radius 1 is 1.16 bits per heavy atom. The fourth-order valence-electron chi connectivity index (χ4n) is 3.60. The molecule has 1 atom stereocenters. The lowest BCUT2D eigenvalue weighted by Crippen LogP contribution is -2.50. The summed E-state index contributed by atoms with van der Waals surface area (Å²) in [6, 6.07) is 0. The number of aliphatic hydroxyl groups excluding tert-OH is 1. The molecule has 2 fully saturated rings. The second kappa shape index (κ2) is 7.21. The lowest BCUT2D eigenvalue weighted by molar-refractivity contribution is -0.214. The first-order valence-corrected chi connectivity index (χ1v) is 9.19. The number of ether oxygens (including phenoxy) is 1. The van der Waals surface area contributed by atoms with Crippen LogP contribution in [0.3, 0.4) is 0 Å². The quantitative estimate of drug-likeness (QED) is 0.581. The first kappa shape index (κ1) is 16.2. The van der Waals surface area contributed by atoms with E-state index >= 15 is 0 Å². The van der Waals surface area contributed by atoms with E-state index in [9.17, 15) is 5.11 Å². The third-order valence-corrected chi connectivity index (χ3v) is 5.64. The van der Waals surface area contributed by atoms with E-state index in [1.54, 1.807) is 0 Å². The number of rotatable bonds is 4. The molecule has 1 saturated heterocycles. The zero-order chi connectivity index (χ0) is 13.9. The average molecular weight is 399 g/mol. The van der Waals surface area contributed by atoms with Gasteiger partial charge in [-0.1, -0.05) is 51.1 Å². The van der Waals surface area contributed by atoms with E-state index in [-0.39, 0.29) is 9.34 Å². The molecule has 5 heteroatoms. The fourth-order valence-corrected chi connectivity index (χ4v) is 3.81. The molecule has 2 rings (SSSR count). The van der Waals surface area contributed by atoms with Crippen LogP contribution in [0.5, 0.6) is 0 Å². The van der Waals surface area contributed by atoms with Crippen molar-refractivity contribution in [3.8, 4) is 0 Å². The van der Waals surface area contributed by atoms with E-state index in [1.165, 1.54) is 32.1 Å². The molecule has 1 saturated carbocycles. The molecule has 0 radical (unpaired) electrons. The molecule has 0 amide bonds. The lowest BCUT2D eigenvalue weighted by atomic mass is 9.71. The number of nitrogens with zero attached hydrogens (tertiary/aromatic N) is 1. The van der Waals surface area contributed by atoms with Crippen LogP contribution in [0.15, 0.2) is 0 Å². The summed E-state index contributed by atoms with van der Waals surface area (Å²) in [4.78, 5) is 2.39. The van der Waals surface area contributed by atoms with Gasteiger partial charge in [0, 0.05) is 0 Å². The zero-order valence-electron chi connectivity index (χ0n) is 11.7. The van der Waals surface area contributed by atoms with E-state index in [1.807, 2.05) is 0 Å². The summed E-state index contributed by atoms with van der Waals surface area (Å²) < 4.78 is 5.97. The van der Waals surface area contributed by atoms with E-state index < -0.39 is 6.29 Å². The molecule has 112 valence electrons. The Morgan fingerprint density at radius 3 is 2.26 bits per heavy atom. The van der Waals surface area contributed by atoms with Crippen LogP contribution in [0.25, 0.3) is 0 Å². The highest BCUT2D eigenvalue weighted by atomic mass is 79.9. The molecular weight excluding hydrogens is 374 g/mol. The Hall–Kier alpha value is 0.840. The van der Waals surface area contributed by atoms with Crippen molar-refractivity contribution in [2.24, 2.45) is 5.92 Å². The molecule has 0 aromatic rings. The van der Waals surface area contributed by atoms with Crippen molar-refractivity contribution in [1.29, 1.82) is 0 Å². The van der Waals surface area contributed by atoms with Gasteiger partial charge >= 0.3 is 0 Å². The molecule has 2 aliphatic rings. The smallest absolute Gasteiger partial charge is 0.177 e. The molecule has 19 heavy (non-hydrogen) atoms. The second-order valence-corrected chi connectivity index (χ2v) is 9.25. The Balaban J connectivity index is 2.05. The van der Waals surface area contributed by atoms with Gasteiger partial charge in [0.25, 0.3) is 0 Å². The normalized spacial score (nSPS) is 27.6. The summed E-state index contributed by atoms with van der Waals surface area (Å²) in [6.07, 6.45) is 7.59. The molecule has 3 nitrogen and oxygen atoms in total. The van der Waals surface area contributed by atoms with E-state index in [0.717, 1.165) is 25.9 Å². The van der Waals surface area contributed by atoms with Gasteiger partial charge in [-0.25, -0.2) is 0 Å². The molecule has 0 spiro atoms. The van der Waals surface area contributed by atoms with Crippen molar-refractivity contribution >= 4 is 31.9 Å². The minimum Gasteiger partial charge on any atom is -0.366 e. The van der Waals surface area contributed by atoms with Crippen molar-refractivity contribution in [2.45, 2.75) is 60.6 Å². The van der Waals surface area contributed by atoms with Gasteiger partial charge in [0.15, 0.2) is 6.29 Å². The highest BCUT2D eigenvalue weighted by Gasteiger charge is 2.43. The number of alkyl halides is 2. The number of hydrogen-bond acceptors (Lipinski definition) is 3. The van der Waals surface area contributed by atoms with Crippen molar-refractivity contribution in [1.82, 2.24) is 4.90 Å². The van der Waals surface area contributed by atoms with Crippen molar-refractivity contribution in [3.05, 3.63) is 0 Å². The standard InChI is InChI=1S/C14H25Br2NO2/c1-17-9-5-11(6-10-17)14(7-3-2-4-8-14)19-13(18)12(15)16/h11-13,18H,2-10H2,1H3. The number of hydrogen-bond donors (Lipinski definition) is 1. The van der Waals surface area contributed by atoms with Crippen LogP contribution in [-0.2, 0) is 4.74 Å². The molecule has 0 aromatic carbocycles. The van der Waals surface area contributed by atoms with Crippen LogP contribution in [0, 0.1) is 5.92 Å². The van der Waals surface area contributed by atoms with Crippen molar-refractivity contribution in [2.75, 3.05) is 20.1 Å². The highest BCUT2D eigenvalue weighted by molar-refractivity contribution is 9.24. The minimum atomic E-state index is -0.766. The monoisotopic (exact) mass is 397 g/mol. The predicted octanol–water partition coefficient (Wildman–Crippen LogP) is 3.48. The minimum absolute atomic E-state index is 0.0985. The SMILES string of the molecule is CN1CCC(C2(OC(O)C(Br)Br)CCCCC2)CC1. The zero-order valence-corrected chi connectivity index (χ0v) is 14.8. The van der Waals surface area contributed by atoms with Gasteiger partial charge < -0.3 is 14.7 Å². The summed E-state index contributed by atoms with van der Waals surface area (Å²) in [5, 5.41) is 10.1. The first-order chi connectivity index (χ1) is 9.03. The Morgan fingerprint density at radius 2 is 1.74 bits per heavy atom. The molecule has 1 N–H and O–H groups in total. The molecule has 1 aliphatic heterocycles. The largest absolute Gasteiger partial charge is 0.366 e. The Labute approximate surface area is 133 Å². The second-order valence-electron chi connectivity index (χ2n) is 6.05. The van der Waals surface area contributed by atoms with Gasteiger partial charge in [-0.3, -0.25) is 0 Å². The van der Waals surface area contributed by atoms with E-state index in [2.05, 4.69) is 43.8 Å². The molecular formula is C14H25Br2NO2. The number of aliphatic hydroxyl groups is 1. The number of likely N-dealkylation sites (tertiary alicyclic amines) is 1. The third kappa shape index (κ3) is 4.16. The third-order valence-electron chi connectivity index (χ3n) is 4.73. The van der Waals surface area contributed by atoms with Gasteiger partial charge in [0.2, 0.25) is 0 Å². The van der Waals surface area contributed by atoms with Crippen LogP contribution in [0.2, 0.25) is 0 Å². The maximum absolute atomic E-state index is 10.1. The van der Waals surface area contributed by atoms with Crippen LogP contribution < -0.4 is 0 Å². The molecule has 1 unspecified atom stereocenters. The van der Waals surface area contributed by atoms with E-state index in [0.29, 0.717) is 5.92 Å². The van der Waals surface area contributed by atoms with E-state index in [4.69, 9.17) is 4.74 Å². The average Bonchev–Trinajstić information content (AvgIpc) is 2.40. The Bertz CT molecular complexity index is 275. The summed E-state index contributed by atoms with van der Waals surface area (Å²) in [5.41, 5.74) is -0.0985. The maximum atomic E-state index is 10.1. The molecule has 0 aromatic heterocycles. The van der Waals surface area contributed by atoms with Crippen molar-refractivity contribution in [3.63, 3.8) is 0 Å². The lowest BCUT2D eigenvalue weighted by Gasteiger charge is -2.47. The molecule has 1 aliphatic carbocycles. The number of piperidine rings is 1. The van der Waals surface area contributed by atoms with Gasteiger partial charge in [0.1, 0.15) is 3.74 Å². The summed E-state index contributed by atoms with van der Waals surface area (Å²) in [7, 11) is 2.19.